The predicted molar refractivity (Wildman–Crippen MR) is 263 cm³/mol. The summed E-state index contributed by atoms with van der Waals surface area (Å²) in [6, 6.07) is 0. The number of rotatable bonds is 17. The number of hydrogen-bond acceptors (Lipinski definition) is 14. The number of halogens is 7. The Morgan fingerprint density at radius 3 is 1.65 bits per heavy atom. The molecule has 0 spiro atoms. The number of carbonyl (C=O) groups is 2. The summed E-state index contributed by atoms with van der Waals surface area (Å²) in [7, 11) is -12.6. The molecule has 0 saturated heterocycles. The summed E-state index contributed by atoms with van der Waals surface area (Å²) in [5, 5.41) is 48.0. The van der Waals surface area contributed by atoms with Crippen LogP contribution in [0.1, 0.15) is 150 Å². The molecule has 8 saturated carbocycles. The molecular formula is C53H81F7O16S2. The van der Waals surface area contributed by atoms with Crippen molar-refractivity contribution in [3.05, 3.63) is 0 Å². The Balaban J connectivity index is 1.09. The van der Waals surface area contributed by atoms with Gasteiger partial charge in [-0.15, -0.1) is 0 Å². The monoisotopic (exact) mass is 1170 g/mol. The van der Waals surface area contributed by atoms with E-state index in [9.17, 15) is 82.7 Å². The molecule has 8 aliphatic rings. The van der Waals surface area contributed by atoms with Gasteiger partial charge >= 0.3 is 48.9 Å². The van der Waals surface area contributed by atoms with Gasteiger partial charge in [0.1, 0.15) is 0 Å². The summed E-state index contributed by atoms with van der Waals surface area (Å²) >= 11 is 0. The Morgan fingerprint density at radius 1 is 0.615 bits per heavy atom. The Hall–Kier alpha value is -1.97. The Kier molecular flexibility index (Phi) is 17.2. The number of fused-ring (bicyclic) bond motifs is 10. The molecule has 78 heavy (non-hydrogen) atoms. The van der Waals surface area contributed by atoms with Crippen molar-refractivity contribution in [3.8, 4) is 0 Å². The van der Waals surface area contributed by atoms with Crippen molar-refractivity contribution < 1.29 is 106 Å². The second-order valence-electron chi connectivity index (χ2n) is 26.4. The summed E-state index contributed by atoms with van der Waals surface area (Å²) in [6.07, 6.45) is -9.51. The molecule has 450 valence electrons. The largest absolute Gasteiger partial charge is 0.458 e. The lowest BCUT2D eigenvalue weighted by molar-refractivity contribution is -0.259. The van der Waals surface area contributed by atoms with Gasteiger partial charge in [-0.3, -0.25) is 18.7 Å². The Bertz CT molecular complexity index is 2440. The molecule has 7 N–H and O–H groups in total. The first-order valence-corrected chi connectivity index (χ1v) is 30.8. The molecule has 25 heteroatoms. The quantitative estimate of drug-likeness (QED) is 0.0417. The van der Waals surface area contributed by atoms with E-state index in [2.05, 4.69) is 23.3 Å². The van der Waals surface area contributed by atoms with Gasteiger partial charge in [0.15, 0.2) is 6.61 Å². The third kappa shape index (κ3) is 10.8. The van der Waals surface area contributed by atoms with Crippen molar-refractivity contribution in [2.75, 3.05) is 13.2 Å². The number of hydrogen-bond donors (Lipinski definition) is 7. The molecule has 0 aromatic heterocycles. The topological polar surface area (TPSA) is 272 Å². The Labute approximate surface area is 452 Å². The average Bonchev–Trinajstić information content (AvgIpc) is 3.96. The van der Waals surface area contributed by atoms with Gasteiger partial charge < -0.3 is 39.7 Å². The van der Waals surface area contributed by atoms with E-state index in [4.69, 9.17) is 13.8 Å². The van der Waals surface area contributed by atoms with E-state index < -0.39 is 127 Å². The van der Waals surface area contributed by atoms with Crippen molar-refractivity contribution in [1.29, 1.82) is 0 Å². The molecule has 16 nitrogen and oxygen atoms in total. The van der Waals surface area contributed by atoms with Crippen LogP contribution >= 0.6 is 0 Å². The van der Waals surface area contributed by atoms with Gasteiger partial charge in [-0.2, -0.15) is 47.6 Å². The highest BCUT2D eigenvalue weighted by molar-refractivity contribution is 7.87. The van der Waals surface area contributed by atoms with Gasteiger partial charge in [0.2, 0.25) is 0 Å². The molecule has 8 rings (SSSR count). The third-order valence-electron chi connectivity index (χ3n) is 22.9. The van der Waals surface area contributed by atoms with Crippen LogP contribution in [0, 0.1) is 92.7 Å². The SMILES string of the molecule is C[C@H](CCC(=O)OCC(F)(F)S(=O)(=O)O)[C@H]1CC[C@H]2[C@@H]3C(OC[C@H](CCC(=O)OC(C(F)(F)F)C(F)(F)S(=O)(=O)O)[C@H]4CC[C@H]5[C@@H]6C(O)C[C@@H]7CC(O)CC[C@]7(C)[C@H]6CC(O)[C@]45C)C[C@@H]4CC(O)CC[C@]4(C)[C@H]3CC(O)[C@]12C. The molecule has 0 aromatic carbocycles. The number of aliphatic hydroxyl groups is 5. The van der Waals surface area contributed by atoms with Crippen LogP contribution in [-0.2, 0) is 44.0 Å². The van der Waals surface area contributed by atoms with Gasteiger partial charge in [-0.05, 0) is 195 Å². The van der Waals surface area contributed by atoms with Crippen LogP contribution in [0.5, 0.6) is 0 Å². The molecular weight excluding hydrogens is 1090 g/mol. The van der Waals surface area contributed by atoms with Gasteiger partial charge in [0.05, 0.1) is 43.2 Å². The number of carbonyl (C=O) groups excluding carboxylic acids is 2. The lowest BCUT2D eigenvalue weighted by atomic mass is 9.43. The average molecular weight is 1170 g/mol. The van der Waals surface area contributed by atoms with Crippen LogP contribution in [0.2, 0.25) is 0 Å². The molecule has 0 heterocycles. The molecule has 0 radical (unpaired) electrons. The zero-order valence-corrected chi connectivity index (χ0v) is 46.5. The Morgan fingerprint density at radius 2 is 1.12 bits per heavy atom. The fraction of sp³-hybridized carbons (Fsp3) is 0.962. The highest BCUT2D eigenvalue weighted by Gasteiger charge is 2.70. The number of ether oxygens (including phenoxy) is 3. The van der Waals surface area contributed by atoms with Gasteiger partial charge in [-0.1, -0.05) is 34.6 Å². The maximum atomic E-state index is 14.7. The van der Waals surface area contributed by atoms with Crippen molar-refractivity contribution in [2.45, 2.75) is 210 Å². The molecule has 0 amide bonds. The maximum absolute atomic E-state index is 14.7. The minimum Gasteiger partial charge on any atom is -0.458 e. The highest BCUT2D eigenvalue weighted by atomic mass is 32.2. The number of aliphatic hydroxyl groups excluding tert-OH is 5. The first-order chi connectivity index (χ1) is 35.8. The molecule has 23 atom stereocenters. The maximum Gasteiger partial charge on any atom is 0.432 e. The second kappa shape index (κ2) is 21.6. The zero-order chi connectivity index (χ0) is 57.9. The first-order valence-electron chi connectivity index (χ1n) is 28.0. The highest BCUT2D eigenvalue weighted by Crippen LogP contribution is 2.71. The van der Waals surface area contributed by atoms with Gasteiger partial charge in [0.25, 0.3) is 6.10 Å². The minimum absolute atomic E-state index is 0.00890. The standard InChI is InChI=1S/C53H81F7O16S2/c1-26(6-12-42(66)75-25-51(54,55)77(68,69)70)32-8-10-35-45-37(23-40(64)49(32,35)4)48(3)17-15-31(62)19-29(48)21-39(45)74-24-27(7-13-43(67)76-46(52(56,57)58)53(59,60)78(71,72)73)33-9-11-34-44-36(22-41(65)50(33,34)5)47(2)16-14-30(61)18-28(47)20-38(44)63/h26-41,44-46,61-65H,6-25H2,1-5H3,(H,68,69,70)(H,71,72,73)/t26-,27+,28+,29+,30?,31?,32-,33-,34+,35+,36+,37+,38?,39?,40?,41?,44+,45+,46?,47+,48+,49-,50-/m1/s1. The van der Waals surface area contributed by atoms with E-state index in [-0.39, 0.29) is 95.9 Å². The van der Waals surface area contributed by atoms with E-state index in [0.717, 1.165) is 0 Å². The van der Waals surface area contributed by atoms with Crippen LogP contribution in [0.25, 0.3) is 0 Å². The van der Waals surface area contributed by atoms with Crippen molar-refractivity contribution in [1.82, 2.24) is 0 Å². The summed E-state index contributed by atoms with van der Waals surface area (Å²) in [5.74, 6) is -6.15. The van der Waals surface area contributed by atoms with Crippen LogP contribution in [0.4, 0.5) is 30.7 Å². The predicted octanol–water partition coefficient (Wildman–Crippen LogP) is 7.72. The summed E-state index contributed by atoms with van der Waals surface area (Å²) in [6.45, 7) is 8.06. The number of esters is 2. The molecule has 0 bridgehead atoms. The molecule has 7 unspecified atom stereocenters. The molecule has 0 aromatic rings. The van der Waals surface area contributed by atoms with Crippen molar-refractivity contribution in [3.63, 3.8) is 0 Å². The van der Waals surface area contributed by atoms with E-state index in [0.29, 0.717) is 89.9 Å². The van der Waals surface area contributed by atoms with Crippen LogP contribution in [0.3, 0.4) is 0 Å². The molecule has 8 fully saturated rings. The van der Waals surface area contributed by atoms with Crippen LogP contribution < -0.4 is 0 Å². The minimum atomic E-state index is -6.73. The van der Waals surface area contributed by atoms with Crippen molar-refractivity contribution in [2.24, 2.45) is 92.7 Å². The molecule has 0 aliphatic heterocycles. The summed E-state index contributed by atoms with van der Waals surface area (Å²) in [5.41, 5.74) is -2.44. The zero-order valence-electron chi connectivity index (χ0n) is 44.9. The summed E-state index contributed by atoms with van der Waals surface area (Å²) < 4.78 is 178. The third-order valence-corrected chi connectivity index (χ3v) is 24.7. The number of alkyl halides is 7. The van der Waals surface area contributed by atoms with E-state index >= 15 is 0 Å². The van der Waals surface area contributed by atoms with Crippen molar-refractivity contribution >= 4 is 32.2 Å². The first kappa shape index (κ1) is 62.1. The van der Waals surface area contributed by atoms with Gasteiger partial charge in [0, 0.05) is 12.8 Å². The lowest BCUT2D eigenvalue weighted by Crippen LogP contribution is -2.63. The van der Waals surface area contributed by atoms with E-state index in [1.165, 1.54) is 0 Å². The van der Waals surface area contributed by atoms with E-state index in [1.807, 2.05) is 20.8 Å². The van der Waals surface area contributed by atoms with Crippen LogP contribution in [-0.4, -0.2) is 136 Å². The lowest BCUT2D eigenvalue weighted by Gasteiger charge is -2.64. The summed E-state index contributed by atoms with van der Waals surface area (Å²) in [4.78, 5) is 26.1. The fourth-order valence-corrected chi connectivity index (χ4v) is 19.4. The smallest absolute Gasteiger partial charge is 0.432 e. The van der Waals surface area contributed by atoms with E-state index in [1.54, 1.807) is 0 Å². The fourth-order valence-electron chi connectivity index (χ4n) is 18.7. The van der Waals surface area contributed by atoms with Crippen LogP contribution in [0.15, 0.2) is 0 Å². The molecule has 8 aliphatic carbocycles. The second-order valence-corrected chi connectivity index (χ2v) is 29.4. The van der Waals surface area contributed by atoms with Gasteiger partial charge in [-0.25, -0.2) is 0 Å². The normalized spacial score (nSPS) is 44.1.